The van der Waals surface area contributed by atoms with Gasteiger partial charge in [0.2, 0.25) is 0 Å². The highest BCUT2D eigenvalue weighted by Gasteiger charge is 2.42. The Morgan fingerprint density at radius 2 is 1.64 bits per heavy atom. The van der Waals surface area contributed by atoms with Crippen LogP contribution in [0.2, 0.25) is 0 Å². The smallest absolute Gasteiger partial charge is 0.320 e. The second kappa shape index (κ2) is 3.01. The number of rotatable bonds is 1. The number of hydrogen-bond acceptors (Lipinski definition) is 1. The molecule has 0 unspecified atom stereocenters. The van der Waals surface area contributed by atoms with E-state index in [-0.39, 0.29) is 5.92 Å². The molecule has 1 rings (SSSR count). The zero-order valence-corrected chi connectivity index (χ0v) is 6.19. The Morgan fingerprint density at radius 1 is 1.18 bits per heavy atom. The number of hydrogen-bond donors (Lipinski definition) is 1. The summed E-state index contributed by atoms with van der Waals surface area (Å²) in [5, 5.41) is 0. The molecule has 0 aliphatic heterocycles. The maximum Gasteiger partial charge on any atom is 0.403 e. The van der Waals surface area contributed by atoms with Crippen molar-refractivity contribution in [2.75, 3.05) is 0 Å². The maximum absolute atomic E-state index is 12.0. The summed E-state index contributed by atoms with van der Waals surface area (Å²) in [5.74, 6) is -0.324. The summed E-state index contributed by atoms with van der Waals surface area (Å²) in [6, 6.07) is -1.59. The summed E-state index contributed by atoms with van der Waals surface area (Å²) in [6.45, 7) is 0. The lowest BCUT2D eigenvalue weighted by Crippen LogP contribution is -2.42. The SMILES string of the molecule is N[C@H](C1CCCC1)C(F)(F)F. The zero-order valence-electron chi connectivity index (χ0n) is 6.19. The van der Waals surface area contributed by atoms with E-state index >= 15 is 0 Å². The molecule has 1 saturated carbocycles. The van der Waals surface area contributed by atoms with E-state index in [1.807, 2.05) is 0 Å². The summed E-state index contributed by atoms with van der Waals surface area (Å²) >= 11 is 0. The maximum atomic E-state index is 12.0. The average molecular weight is 167 g/mol. The highest BCUT2D eigenvalue weighted by Crippen LogP contribution is 2.34. The van der Waals surface area contributed by atoms with Crippen molar-refractivity contribution in [1.82, 2.24) is 0 Å². The van der Waals surface area contributed by atoms with Crippen LogP contribution in [0.4, 0.5) is 13.2 Å². The standard InChI is InChI=1S/C7H12F3N/c8-7(9,10)6(11)5-3-1-2-4-5/h5-6H,1-4,11H2/t6-/m1/s1. The van der Waals surface area contributed by atoms with Gasteiger partial charge in [-0.3, -0.25) is 0 Å². The third-order valence-electron chi connectivity index (χ3n) is 2.29. The Bertz CT molecular complexity index is 126. The highest BCUT2D eigenvalue weighted by atomic mass is 19.4. The van der Waals surface area contributed by atoms with Gasteiger partial charge in [0.15, 0.2) is 0 Å². The van der Waals surface area contributed by atoms with Crippen LogP contribution >= 0.6 is 0 Å². The first-order valence-corrected chi connectivity index (χ1v) is 3.84. The summed E-state index contributed by atoms with van der Waals surface area (Å²) in [7, 11) is 0. The van der Waals surface area contributed by atoms with E-state index in [0.29, 0.717) is 12.8 Å². The molecule has 0 bridgehead atoms. The molecule has 11 heavy (non-hydrogen) atoms. The molecule has 4 heteroatoms. The molecule has 0 amide bonds. The van der Waals surface area contributed by atoms with Crippen LogP contribution < -0.4 is 5.73 Å². The summed E-state index contributed by atoms with van der Waals surface area (Å²) in [4.78, 5) is 0. The van der Waals surface area contributed by atoms with E-state index in [0.717, 1.165) is 12.8 Å². The quantitative estimate of drug-likeness (QED) is 0.635. The van der Waals surface area contributed by atoms with Gasteiger partial charge < -0.3 is 5.73 Å². The first-order valence-electron chi connectivity index (χ1n) is 3.84. The van der Waals surface area contributed by atoms with Crippen LogP contribution in [0, 0.1) is 5.92 Å². The van der Waals surface area contributed by atoms with Crippen LogP contribution in [0.15, 0.2) is 0 Å². The van der Waals surface area contributed by atoms with Crippen LogP contribution in [0.1, 0.15) is 25.7 Å². The fourth-order valence-electron chi connectivity index (χ4n) is 1.58. The minimum absolute atomic E-state index is 0.324. The van der Waals surface area contributed by atoms with Gasteiger partial charge in [0.05, 0.1) is 0 Å². The van der Waals surface area contributed by atoms with Crippen LogP contribution in [0.25, 0.3) is 0 Å². The molecular formula is C7H12F3N. The lowest BCUT2D eigenvalue weighted by molar-refractivity contribution is -0.158. The Morgan fingerprint density at radius 3 is 2.00 bits per heavy atom. The minimum atomic E-state index is -4.20. The fraction of sp³-hybridized carbons (Fsp3) is 1.00. The molecule has 1 aliphatic rings. The highest BCUT2D eigenvalue weighted by molar-refractivity contribution is 4.82. The monoisotopic (exact) mass is 167 g/mol. The van der Waals surface area contributed by atoms with Crippen molar-refractivity contribution < 1.29 is 13.2 Å². The number of nitrogens with two attached hydrogens (primary N) is 1. The van der Waals surface area contributed by atoms with Crippen molar-refractivity contribution >= 4 is 0 Å². The molecule has 0 saturated heterocycles. The van der Waals surface area contributed by atoms with E-state index < -0.39 is 12.2 Å². The van der Waals surface area contributed by atoms with E-state index in [4.69, 9.17) is 5.73 Å². The van der Waals surface area contributed by atoms with Gasteiger partial charge >= 0.3 is 6.18 Å². The molecule has 0 aromatic rings. The largest absolute Gasteiger partial charge is 0.403 e. The van der Waals surface area contributed by atoms with Crippen molar-refractivity contribution in [3.8, 4) is 0 Å². The fourth-order valence-corrected chi connectivity index (χ4v) is 1.58. The van der Waals surface area contributed by atoms with Crippen molar-refractivity contribution in [2.24, 2.45) is 11.7 Å². The third-order valence-corrected chi connectivity index (χ3v) is 2.29. The van der Waals surface area contributed by atoms with Gasteiger partial charge in [-0.05, 0) is 18.8 Å². The Kier molecular flexibility index (Phi) is 2.42. The zero-order chi connectivity index (χ0) is 8.48. The van der Waals surface area contributed by atoms with Crippen molar-refractivity contribution in [3.63, 3.8) is 0 Å². The van der Waals surface area contributed by atoms with E-state index in [9.17, 15) is 13.2 Å². The first kappa shape index (κ1) is 8.84. The molecule has 2 N–H and O–H groups in total. The summed E-state index contributed by atoms with van der Waals surface area (Å²) in [6.07, 6.45) is -1.13. The predicted octanol–water partition coefficient (Wildman–Crippen LogP) is 2.07. The summed E-state index contributed by atoms with van der Waals surface area (Å²) < 4.78 is 35.9. The Labute approximate surface area is 63.8 Å². The molecule has 0 spiro atoms. The van der Waals surface area contributed by atoms with Crippen LogP contribution in [0.3, 0.4) is 0 Å². The molecule has 0 radical (unpaired) electrons. The van der Waals surface area contributed by atoms with Gasteiger partial charge in [-0.25, -0.2) is 0 Å². The number of halogens is 3. The predicted molar refractivity (Wildman–Crippen MR) is 36.0 cm³/mol. The van der Waals surface area contributed by atoms with E-state index in [2.05, 4.69) is 0 Å². The van der Waals surface area contributed by atoms with Crippen molar-refractivity contribution in [2.45, 2.75) is 37.9 Å². The van der Waals surface area contributed by atoms with Gasteiger partial charge in [-0.1, -0.05) is 12.8 Å². The molecular weight excluding hydrogens is 155 g/mol. The molecule has 0 aromatic heterocycles. The van der Waals surface area contributed by atoms with Crippen LogP contribution in [-0.4, -0.2) is 12.2 Å². The van der Waals surface area contributed by atoms with Gasteiger partial charge in [0.1, 0.15) is 6.04 Å². The normalized spacial score (nSPS) is 24.0. The minimum Gasteiger partial charge on any atom is -0.320 e. The van der Waals surface area contributed by atoms with Crippen LogP contribution in [0.5, 0.6) is 0 Å². The molecule has 1 atom stereocenters. The summed E-state index contributed by atoms with van der Waals surface area (Å²) in [5.41, 5.74) is 5.03. The molecule has 0 heterocycles. The van der Waals surface area contributed by atoms with Gasteiger partial charge in [0.25, 0.3) is 0 Å². The Hall–Kier alpha value is -0.250. The lowest BCUT2D eigenvalue weighted by Gasteiger charge is -2.21. The first-order chi connectivity index (χ1) is 5.02. The molecule has 1 aliphatic carbocycles. The average Bonchev–Trinajstić information content (AvgIpc) is 2.34. The second-order valence-corrected chi connectivity index (χ2v) is 3.11. The third kappa shape index (κ3) is 2.09. The number of alkyl halides is 3. The van der Waals surface area contributed by atoms with Gasteiger partial charge in [-0.2, -0.15) is 13.2 Å². The van der Waals surface area contributed by atoms with E-state index in [1.165, 1.54) is 0 Å². The lowest BCUT2D eigenvalue weighted by atomic mass is 9.99. The molecule has 0 aromatic carbocycles. The van der Waals surface area contributed by atoms with Crippen molar-refractivity contribution in [1.29, 1.82) is 0 Å². The van der Waals surface area contributed by atoms with Gasteiger partial charge in [-0.15, -0.1) is 0 Å². The Balaban J connectivity index is 2.46. The molecule has 1 nitrogen and oxygen atoms in total. The molecule has 66 valence electrons. The van der Waals surface area contributed by atoms with Crippen molar-refractivity contribution in [3.05, 3.63) is 0 Å². The molecule has 1 fully saturated rings. The second-order valence-electron chi connectivity index (χ2n) is 3.11. The topological polar surface area (TPSA) is 26.0 Å². The van der Waals surface area contributed by atoms with Crippen LogP contribution in [-0.2, 0) is 0 Å². The van der Waals surface area contributed by atoms with E-state index in [1.54, 1.807) is 0 Å². The van der Waals surface area contributed by atoms with Gasteiger partial charge in [0, 0.05) is 0 Å².